The summed E-state index contributed by atoms with van der Waals surface area (Å²) in [5.74, 6) is -1.68. The maximum Gasteiger partial charge on any atom is 0.355 e. The zero-order valence-electron chi connectivity index (χ0n) is 16.5. The number of para-hydroxylation sites is 1. The number of carbonyl (C=O) groups excluding carboxylic acids is 3. The Morgan fingerprint density at radius 2 is 1.74 bits per heavy atom. The maximum atomic E-state index is 12.5. The third-order valence-electron chi connectivity index (χ3n) is 4.37. The van der Waals surface area contributed by atoms with Crippen molar-refractivity contribution in [1.29, 1.82) is 0 Å². The van der Waals surface area contributed by atoms with Gasteiger partial charge in [0.2, 0.25) is 15.9 Å². The Balaban J connectivity index is 1.64. The molecule has 1 atom stereocenters. The average Bonchev–Trinajstić information content (AvgIpc) is 2.74. The number of benzene rings is 2. The lowest BCUT2D eigenvalue weighted by molar-refractivity contribution is -0.146. The maximum absolute atomic E-state index is 12.5. The molecule has 0 saturated heterocycles. The molecule has 0 aromatic heterocycles. The number of rotatable bonds is 6. The number of nitrogens with one attached hydrogen (secondary N) is 1. The van der Waals surface area contributed by atoms with Gasteiger partial charge in [-0.1, -0.05) is 18.2 Å². The van der Waals surface area contributed by atoms with Crippen LogP contribution < -0.4 is 15.5 Å². The molecule has 1 heterocycles. The van der Waals surface area contributed by atoms with Crippen LogP contribution in [0.15, 0.2) is 64.6 Å². The van der Waals surface area contributed by atoms with Gasteiger partial charge in [-0.15, -0.1) is 0 Å². The van der Waals surface area contributed by atoms with E-state index in [9.17, 15) is 22.8 Å². The van der Waals surface area contributed by atoms with Gasteiger partial charge in [-0.2, -0.15) is 5.10 Å². The molecule has 1 aliphatic rings. The molecule has 0 saturated carbocycles. The largest absolute Gasteiger partial charge is 0.448 e. The van der Waals surface area contributed by atoms with Gasteiger partial charge in [0.15, 0.2) is 6.10 Å². The second kappa shape index (κ2) is 9.06. The summed E-state index contributed by atoms with van der Waals surface area (Å²) in [4.78, 5) is 36.8. The van der Waals surface area contributed by atoms with Crippen LogP contribution in [-0.2, 0) is 29.1 Å². The smallest absolute Gasteiger partial charge is 0.355 e. The second-order valence-electron chi connectivity index (χ2n) is 6.69. The van der Waals surface area contributed by atoms with Gasteiger partial charge in [-0.25, -0.2) is 23.4 Å². The lowest BCUT2D eigenvalue weighted by atomic mass is 10.1. The molecule has 11 heteroatoms. The van der Waals surface area contributed by atoms with Gasteiger partial charge >= 0.3 is 5.97 Å². The third-order valence-corrected chi connectivity index (χ3v) is 5.30. The van der Waals surface area contributed by atoms with E-state index in [2.05, 4.69) is 10.4 Å². The van der Waals surface area contributed by atoms with Gasteiger partial charge in [0.1, 0.15) is 5.71 Å². The number of nitrogens with zero attached hydrogens (tertiary/aromatic N) is 2. The van der Waals surface area contributed by atoms with Crippen LogP contribution in [0.5, 0.6) is 0 Å². The monoisotopic (exact) mass is 444 g/mol. The van der Waals surface area contributed by atoms with Crippen LogP contribution >= 0.6 is 0 Å². The van der Waals surface area contributed by atoms with Crippen molar-refractivity contribution in [3.05, 3.63) is 54.6 Å². The predicted octanol–water partition coefficient (Wildman–Crippen LogP) is 1.39. The molecule has 31 heavy (non-hydrogen) atoms. The molecule has 10 nitrogen and oxygen atoms in total. The fourth-order valence-corrected chi connectivity index (χ4v) is 3.24. The number of hydrazone groups is 1. The van der Waals surface area contributed by atoms with Crippen LogP contribution in [0.3, 0.4) is 0 Å². The number of primary sulfonamides is 1. The topological polar surface area (TPSA) is 148 Å². The zero-order chi connectivity index (χ0) is 22.6. The highest BCUT2D eigenvalue weighted by atomic mass is 32.2. The molecule has 2 amide bonds. The first-order chi connectivity index (χ1) is 14.6. The number of ether oxygens (including phenoxy) is 1. The summed E-state index contributed by atoms with van der Waals surface area (Å²) in [6, 6.07) is 13.9. The summed E-state index contributed by atoms with van der Waals surface area (Å²) in [6.07, 6.45) is -0.972. The Morgan fingerprint density at radius 1 is 1.10 bits per heavy atom. The first kappa shape index (κ1) is 22.1. The molecule has 3 N–H and O–H groups in total. The first-order valence-corrected chi connectivity index (χ1v) is 10.8. The van der Waals surface area contributed by atoms with E-state index in [1.54, 1.807) is 30.3 Å². The SMILES string of the molecule is C[C@@H](OC(=O)C1=NN(c2ccccc2)C(=O)CC1)C(=O)Nc1ccc(S(N)(=O)=O)cc1. The van der Waals surface area contributed by atoms with E-state index in [0.717, 1.165) is 5.01 Å². The Bertz CT molecular complexity index is 1130. The van der Waals surface area contributed by atoms with Gasteiger partial charge < -0.3 is 10.1 Å². The highest BCUT2D eigenvalue weighted by Gasteiger charge is 2.28. The van der Waals surface area contributed by atoms with Crippen molar-refractivity contribution >= 4 is 44.9 Å². The van der Waals surface area contributed by atoms with E-state index in [-0.39, 0.29) is 29.4 Å². The Morgan fingerprint density at radius 3 is 2.35 bits per heavy atom. The van der Waals surface area contributed by atoms with E-state index in [1.807, 2.05) is 0 Å². The van der Waals surface area contributed by atoms with Gasteiger partial charge in [-0.3, -0.25) is 9.59 Å². The quantitative estimate of drug-likeness (QED) is 0.643. The highest BCUT2D eigenvalue weighted by molar-refractivity contribution is 7.89. The van der Waals surface area contributed by atoms with Crippen LogP contribution in [0, 0.1) is 0 Å². The highest BCUT2D eigenvalue weighted by Crippen LogP contribution is 2.20. The van der Waals surface area contributed by atoms with Crippen LogP contribution in [0.1, 0.15) is 19.8 Å². The molecule has 162 valence electrons. The average molecular weight is 444 g/mol. The summed E-state index contributed by atoms with van der Waals surface area (Å²) in [5, 5.41) is 12.8. The molecular formula is C20H20N4O6S. The van der Waals surface area contributed by atoms with Crippen molar-refractivity contribution in [3.63, 3.8) is 0 Å². The van der Waals surface area contributed by atoms with Crippen molar-refractivity contribution in [3.8, 4) is 0 Å². The number of hydrogen-bond acceptors (Lipinski definition) is 7. The summed E-state index contributed by atoms with van der Waals surface area (Å²) in [5.41, 5.74) is 0.850. The molecular weight excluding hydrogens is 424 g/mol. The fraction of sp³-hybridized carbons (Fsp3) is 0.200. The number of carbonyl (C=O) groups is 3. The second-order valence-corrected chi connectivity index (χ2v) is 8.26. The minimum atomic E-state index is -3.84. The fourth-order valence-electron chi connectivity index (χ4n) is 2.73. The molecule has 0 bridgehead atoms. The standard InChI is InChI=1S/C20H20N4O6S/c1-13(19(26)22-14-7-9-16(10-8-14)31(21,28)29)30-20(27)17-11-12-18(25)24(23-17)15-5-3-2-4-6-15/h2-10,13H,11-12H2,1H3,(H,22,26)(H2,21,28,29)/t13-/m1/s1. The molecule has 0 spiro atoms. The Kier molecular flexibility index (Phi) is 6.47. The molecule has 1 aliphatic heterocycles. The van der Waals surface area contributed by atoms with E-state index in [4.69, 9.17) is 9.88 Å². The van der Waals surface area contributed by atoms with Crippen LogP contribution in [0.2, 0.25) is 0 Å². The predicted molar refractivity (Wildman–Crippen MR) is 113 cm³/mol. The number of sulfonamides is 1. The zero-order valence-corrected chi connectivity index (χ0v) is 17.3. The first-order valence-electron chi connectivity index (χ1n) is 9.25. The van der Waals surface area contributed by atoms with Crippen molar-refractivity contribution in [2.75, 3.05) is 10.3 Å². The van der Waals surface area contributed by atoms with Crippen LogP contribution in [-0.4, -0.2) is 38.0 Å². The van der Waals surface area contributed by atoms with Gasteiger partial charge in [0, 0.05) is 18.5 Å². The van der Waals surface area contributed by atoms with Crippen molar-refractivity contribution in [2.45, 2.75) is 30.8 Å². The van der Waals surface area contributed by atoms with Gasteiger partial charge in [-0.05, 0) is 43.3 Å². The summed E-state index contributed by atoms with van der Waals surface area (Å²) >= 11 is 0. The van der Waals surface area contributed by atoms with Crippen molar-refractivity contribution < 1.29 is 27.5 Å². The van der Waals surface area contributed by atoms with E-state index >= 15 is 0 Å². The van der Waals surface area contributed by atoms with Gasteiger partial charge in [0.25, 0.3) is 5.91 Å². The normalized spacial score (nSPS) is 15.1. The van der Waals surface area contributed by atoms with E-state index < -0.39 is 28.0 Å². The molecule has 3 rings (SSSR count). The number of amides is 2. The molecule has 2 aromatic rings. The summed E-state index contributed by atoms with van der Waals surface area (Å²) in [7, 11) is -3.84. The number of hydrogen-bond donors (Lipinski definition) is 2. The van der Waals surface area contributed by atoms with Crippen molar-refractivity contribution in [2.24, 2.45) is 10.2 Å². The Labute approximate surface area is 178 Å². The van der Waals surface area contributed by atoms with Crippen molar-refractivity contribution in [1.82, 2.24) is 0 Å². The van der Waals surface area contributed by atoms with E-state index in [1.165, 1.54) is 31.2 Å². The summed E-state index contributed by atoms with van der Waals surface area (Å²) in [6.45, 7) is 1.38. The third kappa shape index (κ3) is 5.53. The molecule has 0 radical (unpaired) electrons. The number of nitrogens with two attached hydrogens (primary N) is 1. The van der Waals surface area contributed by atoms with Crippen LogP contribution in [0.25, 0.3) is 0 Å². The summed E-state index contributed by atoms with van der Waals surface area (Å²) < 4.78 is 27.7. The molecule has 0 unspecified atom stereocenters. The van der Waals surface area contributed by atoms with E-state index in [0.29, 0.717) is 11.4 Å². The van der Waals surface area contributed by atoms with Crippen LogP contribution in [0.4, 0.5) is 11.4 Å². The Hall–Kier alpha value is -3.57. The lowest BCUT2D eigenvalue weighted by Gasteiger charge is -2.23. The van der Waals surface area contributed by atoms with Gasteiger partial charge in [0.05, 0.1) is 10.6 Å². The number of anilines is 2. The molecule has 0 fully saturated rings. The molecule has 2 aromatic carbocycles. The number of esters is 1. The lowest BCUT2D eigenvalue weighted by Crippen LogP contribution is -2.37. The minimum absolute atomic E-state index is 0.0283. The minimum Gasteiger partial charge on any atom is -0.448 e. The molecule has 0 aliphatic carbocycles.